The number of nitrogens with zero attached hydrogens (tertiary/aromatic N) is 1. The zero-order chi connectivity index (χ0) is 41.1. The van der Waals surface area contributed by atoms with Crippen LogP contribution in [0, 0.1) is 0 Å². The Morgan fingerprint density at radius 3 is 2.05 bits per heavy atom. The molecule has 0 saturated carbocycles. The van der Waals surface area contributed by atoms with Gasteiger partial charge in [-0.25, -0.2) is 0 Å². The number of hydrogen-bond donors (Lipinski definition) is 1. The van der Waals surface area contributed by atoms with E-state index in [0.29, 0.717) is 0 Å². The summed E-state index contributed by atoms with van der Waals surface area (Å²) in [7, 11) is 0.797. The molecule has 0 unspecified atom stereocenters. The second-order valence-electron chi connectivity index (χ2n) is 20.4. The van der Waals surface area contributed by atoms with Crippen LogP contribution in [0.2, 0.25) is 0 Å². The molecule has 0 atom stereocenters. The molecule has 8 aromatic rings. The molecule has 4 heteroatoms. The summed E-state index contributed by atoms with van der Waals surface area (Å²) in [6.45, 7) is 19.2. The minimum absolute atomic E-state index is 0.101. The molecule has 12 rings (SSSR count). The SMILES string of the molecule is CC1(C)CCC(C)(C)c2cc(Nc3ccc4c(c3-c3cc5c(oc6ccccc65)c5c3Bc3cccc6c3N5c3ccccc3C6(C)C)-c3ccccc3C4(C)C)ccc21. The molecule has 0 saturated heterocycles. The molecule has 60 heavy (non-hydrogen) atoms. The molecule has 2 aliphatic carbocycles. The first-order chi connectivity index (χ1) is 28.8. The van der Waals surface area contributed by atoms with Crippen LogP contribution < -0.4 is 21.1 Å². The zero-order valence-corrected chi connectivity index (χ0v) is 36.1. The standard InChI is InChI=1S/C56H51BN2O/c1-53(2)28-29-54(3,4)42-30-32(24-25-38(42)53)58-44-27-26-40-47(34-17-9-11-18-37(34)55(40,5)6)48(44)36-31-35-33-16-10-14-23-46(33)60-52(35)51-49(36)57-43-21-15-20-41-50(43)59(51)45-22-13-12-19-39(45)56(41,7)8/h9-27,30-31,57-58H,28-29H2,1-8H3. The second-order valence-corrected chi connectivity index (χ2v) is 20.4. The third-order valence-electron chi connectivity index (χ3n) is 15.3. The predicted octanol–water partition coefficient (Wildman–Crippen LogP) is 13.5. The second kappa shape index (κ2) is 11.8. The number of anilines is 5. The topological polar surface area (TPSA) is 28.4 Å². The summed E-state index contributed by atoms with van der Waals surface area (Å²) < 4.78 is 7.06. The third-order valence-corrected chi connectivity index (χ3v) is 15.3. The first-order valence-electron chi connectivity index (χ1n) is 21.9. The van der Waals surface area contributed by atoms with Gasteiger partial charge < -0.3 is 14.6 Å². The van der Waals surface area contributed by atoms with Crippen LogP contribution in [0.3, 0.4) is 0 Å². The van der Waals surface area contributed by atoms with Crippen molar-refractivity contribution in [2.24, 2.45) is 0 Å². The van der Waals surface area contributed by atoms with Crippen LogP contribution >= 0.6 is 0 Å². The molecule has 7 aromatic carbocycles. The van der Waals surface area contributed by atoms with Crippen molar-refractivity contribution in [3.63, 3.8) is 0 Å². The summed E-state index contributed by atoms with van der Waals surface area (Å²) in [5.41, 5.74) is 23.9. The number of benzene rings is 7. The quantitative estimate of drug-likeness (QED) is 0.181. The first-order valence-corrected chi connectivity index (χ1v) is 21.9. The molecule has 3 heterocycles. The van der Waals surface area contributed by atoms with E-state index < -0.39 is 0 Å². The third kappa shape index (κ3) is 4.68. The molecule has 0 bridgehead atoms. The Hall–Kier alpha value is -6.00. The number of rotatable bonds is 3. The minimum atomic E-state index is -0.161. The van der Waals surface area contributed by atoms with Crippen LogP contribution in [0.15, 0.2) is 132 Å². The van der Waals surface area contributed by atoms with E-state index in [4.69, 9.17) is 4.42 Å². The lowest BCUT2D eigenvalue weighted by Gasteiger charge is -2.45. The molecule has 0 fully saturated rings. The monoisotopic (exact) mass is 778 g/mol. The first kappa shape index (κ1) is 35.9. The van der Waals surface area contributed by atoms with E-state index in [1.165, 1.54) is 90.8 Å². The van der Waals surface area contributed by atoms with E-state index in [1.54, 1.807) is 0 Å². The molecule has 4 aliphatic rings. The molecule has 2 aliphatic heterocycles. The maximum absolute atomic E-state index is 7.06. The summed E-state index contributed by atoms with van der Waals surface area (Å²) in [6, 6.07) is 48.1. The van der Waals surface area contributed by atoms with Gasteiger partial charge in [-0.2, -0.15) is 0 Å². The van der Waals surface area contributed by atoms with Crippen molar-refractivity contribution in [2.45, 2.75) is 89.9 Å². The number of hydrogen-bond acceptors (Lipinski definition) is 3. The van der Waals surface area contributed by atoms with Gasteiger partial charge >= 0.3 is 0 Å². The van der Waals surface area contributed by atoms with Gasteiger partial charge in [-0.3, -0.25) is 0 Å². The van der Waals surface area contributed by atoms with Crippen LogP contribution in [-0.2, 0) is 21.7 Å². The van der Waals surface area contributed by atoms with E-state index in [2.05, 4.69) is 193 Å². The molecule has 294 valence electrons. The van der Waals surface area contributed by atoms with Crippen molar-refractivity contribution in [3.05, 3.63) is 161 Å². The zero-order valence-electron chi connectivity index (χ0n) is 36.1. The fourth-order valence-corrected chi connectivity index (χ4v) is 11.9. The van der Waals surface area contributed by atoms with Crippen molar-refractivity contribution in [1.29, 1.82) is 0 Å². The van der Waals surface area contributed by atoms with Gasteiger partial charge in [0, 0.05) is 44.2 Å². The highest BCUT2D eigenvalue weighted by Gasteiger charge is 2.44. The summed E-state index contributed by atoms with van der Waals surface area (Å²) >= 11 is 0. The molecular formula is C56H51BN2O. The van der Waals surface area contributed by atoms with Crippen molar-refractivity contribution in [1.82, 2.24) is 0 Å². The molecular weight excluding hydrogens is 727 g/mol. The normalized spacial score (nSPS) is 17.8. The highest BCUT2D eigenvalue weighted by molar-refractivity contribution is 6.74. The Morgan fingerprint density at radius 1 is 0.533 bits per heavy atom. The van der Waals surface area contributed by atoms with Crippen LogP contribution in [0.5, 0.6) is 0 Å². The molecule has 1 N–H and O–H groups in total. The molecule has 0 spiro atoms. The van der Waals surface area contributed by atoms with Crippen LogP contribution in [0.25, 0.3) is 44.2 Å². The average molecular weight is 779 g/mol. The fourth-order valence-electron chi connectivity index (χ4n) is 11.9. The Kier molecular flexibility index (Phi) is 7.09. The van der Waals surface area contributed by atoms with Crippen molar-refractivity contribution >= 4 is 68.6 Å². The number of nitrogens with one attached hydrogen (secondary N) is 1. The van der Waals surface area contributed by atoms with Crippen LogP contribution in [0.4, 0.5) is 28.4 Å². The lowest BCUT2D eigenvalue weighted by Crippen LogP contribution is -2.45. The largest absolute Gasteiger partial charge is 0.454 e. The summed E-state index contributed by atoms with van der Waals surface area (Å²) in [4.78, 5) is 2.57. The van der Waals surface area contributed by atoms with E-state index in [1.807, 2.05) is 0 Å². The van der Waals surface area contributed by atoms with Gasteiger partial charge in [0.15, 0.2) is 12.9 Å². The van der Waals surface area contributed by atoms with E-state index in [0.717, 1.165) is 46.3 Å². The van der Waals surface area contributed by atoms with Crippen molar-refractivity contribution < 1.29 is 4.42 Å². The van der Waals surface area contributed by atoms with Gasteiger partial charge in [-0.15, -0.1) is 0 Å². The molecule has 0 radical (unpaired) electrons. The Morgan fingerprint density at radius 2 is 1.22 bits per heavy atom. The summed E-state index contributed by atoms with van der Waals surface area (Å²) in [5.74, 6) is 0. The van der Waals surface area contributed by atoms with E-state index in [-0.39, 0.29) is 21.7 Å². The summed E-state index contributed by atoms with van der Waals surface area (Å²) in [5, 5.41) is 6.40. The van der Waals surface area contributed by atoms with Gasteiger partial charge in [-0.05, 0) is 116 Å². The maximum Gasteiger partial charge on any atom is 0.198 e. The van der Waals surface area contributed by atoms with Gasteiger partial charge in [0.25, 0.3) is 0 Å². The Bertz CT molecular complexity index is 3180. The highest BCUT2D eigenvalue weighted by Crippen LogP contribution is 2.58. The smallest absolute Gasteiger partial charge is 0.198 e. The van der Waals surface area contributed by atoms with E-state index in [9.17, 15) is 0 Å². The van der Waals surface area contributed by atoms with Gasteiger partial charge in [0.2, 0.25) is 0 Å². The number of para-hydroxylation sites is 3. The average Bonchev–Trinajstić information content (AvgIpc) is 3.72. The van der Waals surface area contributed by atoms with Gasteiger partial charge in [-0.1, -0.05) is 152 Å². The van der Waals surface area contributed by atoms with Crippen LogP contribution in [-0.4, -0.2) is 7.28 Å². The summed E-state index contributed by atoms with van der Waals surface area (Å²) in [6.07, 6.45) is 2.38. The van der Waals surface area contributed by atoms with E-state index >= 15 is 0 Å². The van der Waals surface area contributed by atoms with Crippen molar-refractivity contribution in [3.8, 4) is 22.3 Å². The Balaban J connectivity index is 1.20. The lowest BCUT2D eigenvalue weighted by atomic mass is 9.55. The minimum Gasteiger partial charge on any atom is -0.454 e. The lowest BCUT2D eigenvalue weighted by molar-refractivity contribution is 0.332. The number of fused-ring (bicyclic) bond motifs is 12. The molecule has 3 nitrogen and oxygen atoms in total. The Labute approximate surface area is 354 Å². The fraction of sp³-hybridized carbons (Fsp3) is 0.250. The van der Waals surface area contributed by atoms with Gasteiger partial charge in [0.05, 0.1) is 11.4 Å². The predicted molar refractivity (Wildman–Crippen MR) is 255 cm³/mol. The van der Waals surface area contributed by atoms with Gasteiger partial charge in [0.1, 0.15) is 5.58 Å². The molecule has 1 aromatic heterocycles. The maximum atomic E-state index is 7.06. The number of furan rings is 1. The highest BCUT2D eigenvalue weighted by atomic mass is 16.3. The van der Waals surface area contributed by atoms with Crippen molar-refractivity contribution in [2.75, 3.05) is 10.2 Å². The van der Waals surface area contributed by atoms with Crippen LogP contribution in [0.1, 0.15) is 102 Å². The molecule has 0 amide bonds.